The second-order valence-corrected chi connectivity index (χ2v) is 6.80. The highest BCUT2D eigenvalue weighted by molar-refractivity contribution is 7.89. The second-order valence-electron chi connectivity index (χ2n) is 5.03. The van der Waals surface area contributed by atoms with Gasteiger partial charge in [0.15, 0.2) is 0 Å². The van der Waals surface area contributed by atoms with Crippen molar-refractivity contribution in [3.8, 4) is 5.75 Å². The van der Waals surface area contributed by atoms with E-state index in [-0.39, 0.29) is 17.1 Å². The maximum Gasteiger partial charge on any atom is 0.269 e. The zero-order valence-corrected chi connectivity index (χ0v) is 14.5. The third-order valence-electron chi connectivity index (χ3n) is 3.27. The molecule has 0 unspecified atom stereocenters. The molecule has 0 amide bonds. The number of benzene rings is 2. The maximum atomic E-state index is 12.2. The Morgan fingerprint density at radius 2 is 1.68 bits per heavy atom. The van der Waals surface area contributed by atoms with E-state index in [4.69, 9.17) is 4.74 Å². The Morgan fingerprint density at radius 1 is 1.04 bits per heavy atom. The third kappa shape index (κ3) is 5.44. The quantitative estimate of drug-likeness (QED) is 0.401. The number of rotatable bonds is 9. The van der Waals surface area contributed by atoms with E-state index in [1.54, 1.807) is 24.3 Å². The van der Waals surface area contributed by atoms with Crippen molar-refractivity contribution in [2.75, 3.05) is 25.0 Å². The highest BCUT2D eigenvalue weighted by Crippen LogP contribution is 2.16. The van der Waals surface area contributed by atoms with E-state index >= 15 is 0 Å². The van der Waals surface area contributed by atoms with Crippen molar-refractivity contribution >= 4 is 21.4 Å². The van der Waals surface area contributed by atoms with E-state index in [1.807, 2.05) is 6.92 Å². The monoisotopic (exact) mass is 365 g/mol. The number of nitro benzene ring substituents is 1. The number of nitro groups is 1. The molecule has 134 valence electrons. The van der Waals surface area contributed by atoms with Crippen LogP contribution in [-0.4, -0.2) is 33.0 Å². The molecule has 0 aliphatic heterocycles. The molecule has 0 bridgehead atoms. The molecule has 0 heterocycles. The van der Waals surface area contributed by atoms with Crippen LogP contribution in [0.15, 0.2) is 53.4 Å². The largest absolute Gasteiger partial charge is 0.494 e. The van der Waals surface area contributed by atoms with Crippen LogP contribution in [0.5, 0.6) is 5.75 Å². The van der Waals surface area contributed by atoms with Gasteiger partial charge in [0.25, 0.3) is 5.69 Å². The van der Waals surface area contributed by atoms with Gasteiger partial charge in [-0.15, -0.1) is 0 Å². The molecule has 9 heteroatoms. The minimum Gasteiger partial charge on any atom is -0.494 e. The highest BCUT2D eigenvalue weighted by atomic mass is 32.2. The van der Waals surface area contributed by atoms with Crippen molar-refractivity contribution in [3.63, 3.8) is 0 Å². The maximum absolute atomic E-state index is 12.2. The molecule has 0 fully saturated rings. The van der Waals surface area contributed by atoms with Gasteiger partial charge in [0.2, 0.25) is 10.0 Å². The number of nitrogens with one attached hydrogen (secondary N) is 2. The first-order valence-corrected chi connectivity index (χ1v) is 9.11. The summed E-state index contributed by atoms with van der Waals surface area (Å²) in [6.07, 6.45) is 0. The molecule has 25 heavy (non-hydrogen) atoms. The molecular weight excluding hydrogens is 346 g/mol. The van der Waals surface area contributed by atoms with Crippen LogP contribution in [0.2, 0.25) is 0 Å². The Labute approximate surface area is 146 Å². The summed E-state index contributed by atoms with van der Waals surface area (Å²) >= 11 is 0. The van der Waals surface area contributed by atoms with Crippen LogP contribution in [0.4, 0.5) is 11.4 Å². The molecule has 0 aromatic heterocycles. The van der Waals surface area contributed by atoms with Gasteiger partial charge in [-0.05, 0) is 43.3 Å². The van der Waals surface area contributed by atoms with Crippen molar-refractivity contribution in [2.45, 2.75) is 11.8 Å². The molecule has 0 spiro atoms. The van der Waals surface area contributed by atoms with Crippen molar-refractivity contribution < 1.29 is 18.1 Å². The van der Waals surface area contributed by atoms with E-state index in [2.05, 4.69) is 10.0 Å². The minimum atomic E-state index is -3.60. The minimum absolute atomic E-state index is 0.00162. The first-order valence-electron chi connectivity index (χ1n) is 7.63. The van der Waals surface area contributed by atoms with Gasteiger partial charge in [0.1, 0.15) is 5.75 Å². The summed E-state index contributed by atoms with van der Waals surface area (Å²) < 4.78 is 32.1. The molecule has 2 aromatic carbocycles. The SMILES string of the molecule is CCOc1ccc(S(=O)(=O)NCCNc2ccc([N+](=O)[O-])cc2)cc1. The molecular formula is C16H19N3O5S. The number of hydrogen-bond acceptors (Lipinski definition) is 6. The van der Waals surface area contributed by atoms with Crippen molar-refractivity contribution in [2.24, 2.45) is 0 Å². The van der Waals surface area contributed by atoms with Gasteiger partial charge in [-0.2, -0.15) is 0 Å². The van der Waals surface area contributed by atoms with Crippen LogP contribution in [0.25, 0.3) is 0 Å². The fraction of sp³-hybridized carbons (Fsp3) is 0.250. The van der Waals surface area contributed by atoms with Crippen LogP contribution in [0, 0.1) is 10.1 Å². The highest BCUT2D eigenvalue weighted by Gasteiger charge is 2.13. The Balaban J connectivity index is 1.84. The molecule has 2 rings (SSSR count). The summed E-state index contributed by atoms with van der Waals surface area (Å²) in [5.74, 6) is 0.612. The van der Waals surface area contributed by atoms with Gasteiger partial charge in [-0.1, -0.05) is 0 Å². The van der Waals surface area contributed by atoms with Crippen LogP contribution >= 0.6 is 0 Å². The van der Waals surface area contributed by atoms with E-state index in [9.17, 15) is 18.5 Å². The molecule has 0 saturated carbocycles. The Bertz CT molecular complexity index is 805. The van der Waals surface area contributed by atoms with E-state index in [1.165, 1.54) is 24.3 Å². The zero-order valence-electron chi connectivity index (χ0n) is 13.6. The van der Waals surface area contributed by atoms with Crippen LogP contribution in [0.1, 0.15) is 6.92 Å². The summed E-state index contributed by atoms with van der Waals surface area (Å²) in [5, 5.41) is 13.6. The molecule has 2 N–H and O–H groups in total. The van der Waals surface area contributed by atoms with E-state index in [0.29, 0.717) is 24.6 Å². The van der Waals surface area contributed by atoms with E-state index in [0.717, 1.165) is 0 Å². The Hall–Kier alpha value is -2.65. The average Bonchev–Trinajstić information content (AvgIpc) is 2.60. The molecule has 0 aliphatic rings. The molecule has 2 aromatic rings. The first-order chi connectivity index (χ1) is 11.9. The van der Waals surface area contributed by atoms with Crippen LogP contribution in [0.3, 0.4) is 0 Å². The lowest BCUT2D eigenvalue weighted by molar-refractivity contribution is -0.384. The number of anilines is 1. The second kappa shape index (κ2) is 8.45. The van der Waals surface area contributed by atoms with Crippen molar-refractivity contribution in [1.82, 2.24) is 4.72 Å². The topological polar surface area (TPSA) is 111 Å². The lowest BCUT2D eigenvalue weighted by Gasteiger charge is -2.09. The number of sulfonamides is 1. The fourth-order valence-corrected chi connectivity index (χ4v) is 3.09. The summed E-state index contributed by atoms with van der Waals surface area (Å²) in [6.45, 7) is 2.88. The standard InChI is InChI=1S/C16H19N3O5S/c1-2-24-15-7-9-16(10-8-15)25(22,23)18-12-11-17-13-3-5-14(6-4-13)19(20)21/h3-10,17-18H,2,11-12H2,1H3. The average molecular weight is 365 g/mol. The molecule has 0 aliphatic carbocycles. The lowest BCUT2D eigenvalue weighted by Crippen LogP contribution is -2.28. The number of hydrogen-bond donors (Lipinski definition) is 2. The van der Waals surface area contributed by atoms with Crippen LogP contribution < -0.4 is 14.8 Å². The van der Waals surface area contributed by atoms with Gasteiger partial charge in [-0.25, -0.2) is 13.1 Å². The Kier molecular flexibility index (Phi) is 6.31. The molecule has 0 atom stereocenters. The third-order valence-corrected chi connectivity index (χ3v) is 4.75. The first kappa shape index (κ1) is 18.7. The molecule has 8 nitrogen and oxygen atoms in total. The summed E-state index contributed by atoms with van der Waals surface area (Å²) in [6, 6.07) is 12.1. The predicted octanol–water partition coefficient (Wildman–Crippen LogP) is 2.38. The van der Waals surface area contributed by atoms with Gasteiger partial charge >= 0.3 is 0 Å². The van der Waals surface area contributed by atoms with Gasteiger partial charge in [0, 0.05) is 30.9 Å². The lowest BCUT2D eigenvalue weighted by atomic mass is 10.3. The van der Waals surface area contributed by atoms with Crippen LogP contribution in [-0.2, 0) is 10.0 Å². The van der Waals surface area contributed by atoms with E-state index < -0.39 is 14.9 Å². The van der Waals surface area contributed by atoms with Crippen molar-refractivity contribution in [1.29, 1.82) is 0 Å². The van der Waals surface area contributed by atoms with Crippen molar-refractivity contribution in [3.05, 3.63) is 58.6 Å². The summed E-state index contributed by atoms with van der Waals surface area (Å²) in [7, 11) is -3.60. The number of non-ortho nitro benzene ring substituents is 1. The molecule has 0 saturated heterocycles. The number of nitrogens with zero attached hydrogens (tertiary/aromatic N) is 1. The summed E-state index contributed by atoms with van der Waals surface area (Å²) in [5.41, 5.74) is 0.674. The smallest absolute Gasteiger partial charge is 0.269 e. The normalized spacial score (nSPS) is 11.1. The Morgan fingerprint density at radius 3 is 2.24 bits per heavy atom. The number of ether oxygens (including phenoxy) is 1. The van der Waals surface area contributed by atoms with Gasteiger partial charge < -0.3 is 10.1 Å². The summed E-state index contributed by atoms with van der Waals surface area (Å²) in [4.78, 5) is 10.3. The molecule has 0 radical (unpaired) electrons. The predicted molar refractivity (Wildman–Crippen MR) is 94.4 cm³/mol. The van der Waals surface area contributed by atoms with Gasteiger partial charge in [-0.3, -0.25) is 10.1 Å². The zero-order chi connectivity index (χ0) is 18.3. The van der Waals surface area contributed by atoms with Gasteiger partial charge in [0.05, 0.1) is 16.4 Å². The fourth-order valence-electron chi connectivity index (χ4n) is 2.06.